The SMILES string of the molecule is Cc1nc(C(C)S)sc1C. The van der Waals surface area contributed by atoms with E-state index in [1.54, 1.807) is 11.3 Å². The van der Waals surface area contributed by atoms with Crippen LogP contribution in [0, 0.1) is 13.8 Å². The second-order valence-electron chi connectivity index (χ2n) is 2.37. The van der Waals surface area contributed by atoms with Gasteiger partial charge in [0.2, 0.25) is 0 Å². The van der Waals surface area contributed by atoms with E-state index in [0.717, 1.165) is 10.7 Å². The molecule has 1 heterocycles. The van der Waals surface area contributed by atoms with Crippen LogP contribution in [0.3, 0.4) is 0 Å². The van der Waals surface area contributed by atoms with Crippen LogP contribution < -0.4 is 0 Å². The van der Waals surface area contributed by atoms with E-state index >= 15 is 0 Å². The fourth-order valence-electron chi connectivity index (χ4n) is 0.676. The summed E-state index contributed by atoms with van der Waals surface area (Å²) in [6.45, 7) is 6.17. The molecule has 0 saturated heterocycles. The minimum Gasteiger partial charge on any atom is -0.245 e. The van der Waals surface area contributed by atoms with Crippen LogP contribution in [0.4, 0.5) is 0 Å². The van der Waals surface area contributed by atoms with Gasteiger partial charge in [0.15, 0.2) is 0 Å². The summed E-state index contributed by atoms with van der Waals surface area (Å²) in [6, 6.07) is 0. The van der Waals surface area contributed by atoms with Crippen molar-refractivity contribution in [1.29, 1.82) is 0 Å². The Morgan fingerprint density at radius 3 is 2.30 bits per heavy atom. The van der Waals surface area contributed by atoms with Gasteiger partial charge in [0.25, 0.3) is 0 Å². The predicted molar refractivity (Wildman–Crippen MR) is 49.0 cm³/mol. The maximum absolute atomic E-state index is 4.35. The lowest BCUT2D eigenvalue weighted by atomic mass is 10.4. The van der Waals surface area contributed by atoms with Gasteiger partial charge in [-0.2, -0.15) is 12.6 Å². The molecular formula is C7H11NS2. The van der Waals surface area contributed by atoms with Crippen LogP contribution in [-0.2, 0) is 0 Å². The van der Waals surface area contributed by atoms with Gasteiger partial charge in [-0.15, -0.1) is 11.3 Å². The second-order valence-corrected chi connectivity index (χ2v) is 4.38. The Kier molecular flexibility index (Phi) is 2.36. The van der Waals surface area contributed by atoms with Gasteiger partial charge in [-0.3, -0.25) is 0 Å². The van der Waals surface area contributed by atoms with Crippen molar-refractivity contribution in [2.75, 3.05) is 0 Å². The Morgan fingerprint density at radius 2 is 2.10 bits per heavy atom. The summed E-state index contributed by atoms with van der Waals surface area (Å²) in [5.41, 5.74) is 1.14. The van der Waals surface area contributed by atoms with Crippen molar-refractivity contribution in [2.45, 2.75) is 26.0 Å². The molecule has 0 aliphatic carbocycles. The summed E-state index contributed by atoms with van der Waals surface area (Å²) < 4.78 is 0. The first-order chi connectivity index (χ1) is 4.61. The van der Waals surface area contributed by atoms with E-state index in [1.165, 1.54) is 4.88 Å². The number of rotatable bonds is 1. The first kappa shape index (κ1) is 8.08. The fourth-order valence-corrected chi connectivity index (χ4v) is 1.75. The van der Waals surface area contributed by atoms with Gasteiger partial charge in [0.05, 0.1) is 10.9 Å². The normalized spacial score (nSPS) is 13.6. The zero-order valence-electron chi connectivity index (χ0n) is 6.38. The average Bonchev–Trinajstić information content (AvgIpc) is 2.13. The smallest absolute Gasteiger partial charge is 0.106 e. The topological polar surface area (TPSA) is 12.9 Å². The van der Waals surface area contributed by atoms with Gasteiger partial charge in [0, 0.05) is 4.88 Å². The Hall–Kier alpha value is -0.0200. The van der Waals surface area contributed by atoms with Gasteiger partial charge in [-0.05, 0) is 20.8 Å². The summed E-state index contributed by atoms with van der Waals surface area (Å²) in [6.07, 6.45) is 0. The molecule has 0 bridgehead atoms. The summed E-state index contributed by atoms with van der Waals surface area (Å²) in [7, 11) is 0. The average molecular weight is 173 g/mol. The predicted octanol–water partition coefficient (Wildman–Crippen LogP) is 2.75. The largest absolute Gasteiger partial charge is 0.245 e. The molecule has 1 nitrogen and oxygen atoms in total. The van der Waals surface area contributed by atoms with Crippen molar-refractivity contribution >= 4 is 24.0 Å². The summed E-state index contributed by atoms with van der Waals surface area (Å²) in [5.74, 6) is 0. The number of hydrogen-bond acceptors (Lipinski definition) is 3. The van der Waals surface area contributed by atoms with Gasteiger partial charge in [-0.1, -0.05) is 0 Å². The van der Waals surface area contributed by atoms with Gasteiger partial charge in [0.1, 0.15) is 5.01 Å². The van der Waals surface area contributed by atoms with Crippen LogP contribution in [0.1, 0.15) is 27.8 Å². The van der Waals surface area contributed by atoms with Crippen molar-refractivity contribution in [3.63, 3.8) is 0 Å². The number of aromatic nitrogens is 1. The monoisotopic (exact) mass is 173 g/mol. The van der Waals surface area contributed by atoms with Crippen molar-refractivity contribution in [3.05, 3.63) is 15.6 Å². The van der Waals surface area contributed by atoms with Crippen LogP contribution >= 0.6 is 24.0 Å². The van der Waals surface area contributed by atoms with Crippen molar-refractivity contribution < 1.29 is 0 Å². The molecule has 3 heteroatoms. The fraction of sp³-hybridized carbons (Fsp3) is 0.571. The summed E-state index contributed by atoms with van der Waals surface area (Å²) in [4.78, 5) is 5.65. The highest BCUT2D eigenvalue weighted by Gasteiger charge is 2.06. The van der Waals surface area contributed by atoms with E-state index in [2.05, 4.69) is 24.5 Å². The third-order valence-corrected chi connectivity index (χ3v) is 3.08. The van der Waals surface area contributed by atoms with Crippen molar-refractivity contribution in [2.24, 2.45) is 0 Å². The highest BCUT2D eigenvalue weighted by molar-refractivity contribution is 7.80. The second kappa shape index (κ2) is 2.93. The lowest BCUT2D eigenvalue weighted by Gasteiger charge is -1.93. The molecular weight excluding hydrogens is 162 g/mol. The molecule has 0 fully saturated rings. The number of hydrogen-bond donors (Lipinski definition) is 1. The molecule has 0 N–H and O–H groups in total. The van der Waals surface area contributed by atoms with E-state index in [1.807, 2.05) is 13.8 Å². The minimum atomic E-state index is 0.275. The molecule has 10 heavy (non-hydrogen) atoms. The molecule has 0 aliphatic heterocycles. The molecule has 1 rings (SSSR count). The molecule has 1 aromatic heterocycles. The number of nitrogens with zero attached hydrogens (tertiary/aromatic N) is 1. The Bertz CT molecular complexity index is 208. The van der Waals surface area contributed by atoms with Crippen molar-refractivity contribution in [3.8, 4) is 0 Å². The summed E-state index contributed by atoms with van der Waals surface area (Å²) in [5, 5.41) is 1.40. The van der Waals surface area contributed by atoms with Gasteiger partial charge < -0.3 is 0 Å². The van der Waals surface area contributed by atoms with Gasteiger partial charge in [-0.25, -0.2) is 4.98 Å². The van der Waals surface area contributed by atoms with Crippen LogP contribution in [-0.4, -0.2) is 4.98 Å². The highest BCUT2D eigenvalue weighted by Crippen LogP contribution is 2.25. The lowest BCUT2D eigenvalue weighted by Crippen LogP contribution is -1.81. The van der Waals surface area contributed by atoms with E-state index in [0.29, 0.717) is 0 Å². The molecule has 0 aliphatic rings. The van der Waals surface area contributed by atoms with E-state index in [-0.39, 0.29) is 5.25 Å². The first-order valence-electron chi connectivity index (χ1n) is 3.23. The standard InChI is InChI=1S/C7H11NS2/c1-4-6(3)10-7(8-4)5(2)9/h5,9H,1-3H3. The molecule has 0 saturated carbocycles. The molecule has 0 spiro atoms. The van der Waals surface area contributed by atoms with E-state index < -0.39 is 0 Å². The zero-order chi connectivity index (χ0) is 7.72. The van der Waals surface area contributed by atoms with Crippen LogP contribution in [0.5, 0.6) is 0 Å². The number of thiazole rings is 1. The van der Waals surface area contributed by atoms with E-state index in [9.17, 15) is 0 Å². The highest BCUT2D eigenvalue weighted by atomic mass is 32.1. The molecule has 0 radical (unpaired) electrons. The van der Waals surface area contributed by atoms with Crippen LogP contribution in [0.15, 0.2) is 0 Å². The minimum absolute atomic E-state index is 0.275. The molecule has 56 valence electrons. The molecule has 1 atom stereocenters. The van der Waals surface area contributed by atoms with Crippen molar-refractivity contribution in [1.82, 2.24) is 4.98 Å². The quantitative estimate of drug-likeness (QED) is 0.644. The molecule has 1 unspecified atom stereocenters. The Balaban J connectivity index is 2.98. The van der Waals surface area contributed by atoms with E-state index in [4.69, 9.17) is 0 Å². The molecule has 0 aromatic carbocycles. The van der Waals surface area contributed by atoms with Gasteiger partial charge >= 0.3 is 0 Å². The third-order valence-electron chi connectivity index (χ3n) is 1.40. The molecule has 1 aromatic rings. The zero-order valence-corrected chi connectivity index (χ0v) is 8.09. The van der Waals surface area contributed by atoms with Crippen LogP contribution in [0.2, 0.25) is 0 Å². The molecule has 0 amide bonds. The Morgan fingerprint density at radius 1 is 1.50 bits per heavy atom. The first-order valence-corrected chi connectivity index (χ1v) is 4.56. The lowest BCUT2D eigenvalue weighted by molar-refractivity contribution is 1.04. The maximum Gasteiger partial charge on any atom is 0.106 e. The number of thiol groups is 1. The Labute approximate surface area is 70.9 Å². The third kappa shape index (κ3) is 1.52. The summed E-state index contributed by atoms with van der Waals surface area (Å²) >= 11 is 6.03. The maximum atomic E-state index is 4.35. The van der Waals surface area contributed by atoms with Crippen LogP contribution in [0.25, 0.3) is 0 Å². The number of aryl methyl sites for hydroxylation is 2.